The van der Waals surface area contributed by atoms with Crippen molar-refractivity contribution in [3.8, 4) is 11.5 Å². The summed E-state index contributed by atoms with van der Waals surface area (Å²) in [6.45, 7) is 4.52. The summed E-state index contributed by atoms with van der Waals surface area (Å²) in [5, 5.41) is 2.15. The third-order valence-electron chi connectivity index (χ3n) is 5.92. The molecular weight excluding hydrogens is 404 g/mol. The molecule has 0 aliphatic carbocycles. The van der Waals surface area contributed by atoms with Gasteiger partial charge in [0.05, 0.1) is 26.4 Å². The molecule has 0 atom stereocenters. The Hall–Kier alpha value is -2.36. The van der Waals surface area contributed by atoms with Crippen LogP contribution in [0.1, 0.15) is 28.9 Å². The molecule has 1 aromatic carbocycles. The van der Waals surface area contributed by atoms with E-state index in [-0.39, 0.29) is 11.5 Å². The fraction of sp³-hybridized carbons (Fsp3) is 0.524. The molecule has 1 spiro atoms. The van der Waals surface area contributed by atoms with Crippen molar-refractivity contribution < 1.29 is 19.0 Å². The average molecular weight is 433 g/mol. The van der Waals surface area contributed by atoms with E-state index in [4.69, 9.17) is 19.9 Å². The molecule has 0 radical (unpaired) electrons. The summed E-state index contributed by atoms with van der Waals surface area (Å²) < 4.78 is 17.1. The molecule has 4 rings (SSSR count). The van der Waals surface area contributed by atoms with Gasteiger partial charge in [0, 0.05) is 49.7 Å². The van der Waals surface area contributed by atoms with E-state index in [0.717, 1.165) is 49.5 Å². The standard InChI is InChI=1S/C21H28N4O4S/c1-27-16-4-3-15(18(11-16)28-2)12-24-9-10-29-21(14-24)5-7-25(8-6-21)19(26)17-13-30-20(22)23-17/h3-4,11,13H,5-10,12,14H2,1-2H3,(H2,22,23). The van der Waals surface area contributed by atoms with Crippen LogP contribution in [0.3, 0.4) is 0 Å². The molecule has 2 aromatic rings. The lowest BCUT2D eigenvalue weighted by Crippen LogP contribution is -2.57. The van der Waals surface area contributed by atoms with Gasteiger partial charge in [0.15, 0.2) is 5.13 Å². The van der Waals surface area contributed by atoms with E-state index in [0.29, 0.717) is 30.5 Å². The molecule has 2 N–H and O–H groups in total. The number of anilines is 1. The minimum absolute atomic E-state index is 0.0477. The zero-order chi connectivity index (χ0) is 21.1. The Morgan fingerprint density at radius 1 is 1.27 bits per heavy atom. The maximum Gasteiger partial charge on any atom is 0.273 e. The molecular formula is C21H28N4O4S. The van der Waals surface area contributed by atoms with Crippen molar-refractivity contribution in [2.45, 2.75) is 25.0 Å². The first-order valence-corrected chi connectivity index (χ1v) is 11.0. The van der Waals surface area contributed by atoms with Crippen molar-refractivity contribution in [3.63, 3.8) is 0 Å². The average Bonchev–Trinajstić information content (AvgIpc) is 3.20. The fourth-order valence-corrected chi connectivity index (χ4v) is 4.79. The van der Waals surface area contributed by atoms with E-state index >= 15 is 0 Å². The normalized spacial score (nSPS) is 19.1. The maximum atomic E-state index is 12.7. The van der Waals surface area contributed by atoms with E-state index in [9.17, 15) is 4.79 Å². The van der Waals surface area contributed by atoms with Crippen LogP contribution < -0.4 is 15.2 Å². The van der Waals surface area contributed by atoms with Crippen molar-refractivity contribution >= 4 is 22.4 Å². The minimum Gasteiger partial charge on any atom is -0.497 e. The van der Waals surface area contributed by atoms with Gasteiger partial charge < -0.3 is 24.8 Å². The number of carbonyl (C=O) groups excluding carboxylic acids is 1. The molecule has 9 heteroatoms. The highest BCUT2D eigenvalue weighted by Crippen LogP contribution is 2.33. The second-order valence-electron chi connectivity index (χ2n) is 7.78. The Balaban J connectivity index is 1.38. The number of nitrogen functional groups attached to an aromatic ring is 1. The van der Waals surface area contributed by atoms with Crippen molar-refractivity contribution in [2.24, 2.45) is 0 Å². The number of ether oxygens (including phenoxy) is 3. The Labute approximate surface area is 180 Å². The van der Waals surface area contributed by atoms with Crippen LogP contribution in [0.4, 0.5) is 5.13 Å². The zero-order valence-corrected chi connectivity index (χ0v) is 18.2. The summed E-state index contributed by atoms with van der Waals surface area (Å²) in [6.07, 6.45) is 1.63. The van der Waals surface area contributed by atoms with E-state index < -0.39 is 0 Å². The van der Waals surface area contributed by atoms with E-state index in [1.165, 1.54) is 11.3 Å². The van der Waals surface area contributed by atoms with Crippen molar-refractivity contribution in [1.82, 2.24) is 14.8 Å². The smallest absolute Gasteiger partial charge is 0.273 e. The second kappa shape index (κ2) is 8.79. The number of benzene rings is 1. The molecule has 0 unspecified atom stereocenters. The number of nitrogens with zero attached hydrogens (tertiary/aromatic N) is 3. The molecule has 2 fully saturated rings. The third-order valence-corrected chi connectivity index (χ3v) is 6.59. The summed E-state index contributed by atoms with van der Waals surface area (Å²) in [4.78, 5) is 21.0. The van der Waals surface area contributed by atoms with Gasteiger partial charge in [-0.3, -0.25) is 9.69 Å². The van der Waals surface area contributed by atoms with Gasteiger partial charge in [0.25, 0.3) is 5.91 Å². The molecule has 2 saturated heterocycles. The minimum atomic E-state index is -0.212. The molecule has 162 valence electrons. The van der Waals surface area contributed by atoms with Crippen LogP contribution >= 0.6 is 11.3 Å². The Morgan fingerprint density at radius 3 is 2.73 bits per heavy atom. The van der Waals surface area contributed by atoms with Crippen LogP contribution in [0.5, 0.6) is 11.5 Å². The fourth-order valence-electron chi connectivity index (χ4n) is 4.25. The first-order valence-electron chi connectivity index (χ1n) is 10.1. The Kier molecular flexibility index (Phi) is 6.12. The molecule has 2 aliphatic rings. The lowest BCUT2D eigenvalue weighted by atomic mass is 9.89. The number of aromatic nitrogens is 1. The molecule has 8 nitrogen and oxygen atoms in total. The number of thiazole rings is 1. The number of hydrogen-bond donors (Lipinski definition) is 1. The van der Waals surface area contributed by atoms with Crippen LogP contribution in [-0.4, -0.2) is 73.3 Å². The molecule has 30 heavy (non-hydrogen) atoms. The topological polar surface area (TPSA) is 90.2 Å². The summed E-state index contributed by atoms with van der Waals surface area (Å²) >= 11 is 1.29. The summed E-state index contributed by atoms with van der Waals surface area (Å²) in [6, 6.07) is 5.94. The van der Waals surface area contributed by atoms with Crippen LogP contribution in [-0.2, 0) is 11.3 Å². The van der Waals surface area contributed by atoms with Gasteiger partial charge in [-0.05, 0) is 18.9 Å². The van der Waals surface area contributed by atoms with Crippen molar-refractivity contribution in [2.75, 3.05) is 52.7 Å². The van der Waals surface area contributed by atoms with Gasteiger partial charge >= 0.3 is 0 Å². The summed E-state index contributed by atoms with van der Waals surface area (Å²) in [5.74, 6) is 1.57. The van der Waals surface area contributed by atoms with Crippen LogP contribution in [0.15, 0.2) is 23.6 Å². The van der Waals surface area contributed by atoms with E-state index in [1.54, 1.807) is 19.6 Å². The predicted octanol–water partition coefficient (Wildman–Crippen LogP) is 2.25. The monoisotopic (exact) mass is 432 g/mol. The highest BCUT2D eigenvalue weighted by molar-refractivity contribution is 7.13. The van der Waals surface area contributed by atoms with Gasteiger partial charge in [0.2, 0.25) is 0 Å². The molecule has 0 bridgehead atoms. The molecule has 1 amide bonds. The molecule has 2 aliphatic heterocycles. The van der Waals surface area contributed by atoms with E-state index in [1.807, 2.05) is 17.0 Å². The second-order valence-corrected chi connectivity index (χ2v) is 8.67. The van der Waals surface area contributed by atoms with Crippen molar-refractivity contribution in [3.05, 3.63) is 34.8 Å². The number of nitrogens with two attached hydrogens (primary N) is 1. The summed E-state index contributed by atoms with van der Waals surface area (Å²) in [7, 11) is 3.34. The molecule has 1 aromatic heterocycles. The highest BCUT2D eigenvalue weighted by Gasteiger charge is 2.41. The van der Waals surface area contributed by atoms with E-state index in [2.05, 4.69) is 16.0 Å². The van der Waals surface area contributed by atoms with Crippen LogP contribution in [0, 0.1) is 0 Å². The number of morpholine rings is 1. The number of carbonyl (C=O) groups is 1. The molecule has 3 heterocycles. The zero-order valence-electron chi connectivity index (χ0n) is 17.4. The number of rotatable bonds is 5. The number of methoxy groups -OCH3 is 2. The van der Waals surface area contributed by atoms with Gasteiger partial charge in [0.1, 0.15) is 17.2 Å². The SMILES string of the molecule is COc1ccc(CN2CCOC3(CCN(C(=O)c4csc(N)n4)CC3)C2)c(OC)c1. The van der Waals surface area contributed by atoms with Gasteiger partial charge in [-0.2, -0.15) is 0 Å². The summed E-state index contributed by atoms with van der Waals surface area (Å²) in [5.41, 5.74) is 7.02. The van der Waals surface area contributed by atoms with Crippen molar-refractivity contribution in [1.29, 1.82) is 0 Å². The number of amides is 1. The first-order chi connectivity index (χ1) is 14.5. The van der Waals surface area contributed by atoms with Gasteiger partial charge in [-0.25, -0.2) is 4.98 Å². The van der Waals surface area contributed by atoms with Gasteiger partial charge in [-0.15, -0.1) is 11.3 Å². The van der Waals surface area contributed by atoms with Crippen LogP contribution in [0.2, 0.25) is 0 Å². The first kappa shape index (κ1) is 20.9. The van der Waals surface area contributed by atoms with Crippen LogP contribution in [0.25, 0.3) is 0 Å². The quantitative estimate of drug-likeness (QED) is 0.775. The lowest BCUT2D eigenvalue weighted by molar-refractivity contribution is -0.134. The lowest BCUT2D eigenvalue weighted by Gasteiger charge is -2.47. The number of likely N-dealkylation sites (tertiary alicyclic amines) is 1. The third kappa shape index (κ3) is 4.38. The Bertz CT molecular complexity index is 895. The number of piperidine rings is 1. The maximum absolute atomic E-state index is 12.7. The number of hydrogen-bond acceptors (Lipinski definition) is 8. The predicted molar refractivity (Wildman–Crippen MR) is 115 cm³/mol. The Morgan fingerprint density at radius 2 is 2.07 bits per heavy atom. The largest absolute Gasteiger partial charge is 0.497 e. The van der Waals surface area contributed by atoms with Gasteiger partial charge in [-0.1, -0.05) is 6.07 Å². The molecule has 0 saturated carbocycles. The highest BCUT2D eigenvalue weighted by atomic mass is 32.1.